The summed E-state index contributed by atoms with van der Waals surface area (Å²) >= 11 is 0. The average molecular weight is 334 g/mol. The largest absolute Gasteiger partial charge is 0.324 e. The van der Waals surface area contributed by atoms with E-state index < -0.39 is 5.41 Å². The fourth-order valence-corrected chi connectivity index (χ4v) is 3.13. The third-order valence-corrected chi connectivity index (χ3v) is 4.74. The van der Waals surface area contributed by atoms with Crippen molar-refractivity contribution in [1.29, 1.82) is 0 Å². The van der Waals surface area contributed by atoms with Gasteiger partial charge in [-0.05, 0) is 30.5 Å². The van der Waals surface area contributed by atoms with Crippen molar-refractivity contribution >= 4 is 11.6 Å². The lowest BCUT2D eigenvalue weighted by atomic mass is 9.75. The van der Waals surface area contributed by atoms with Gasteiger partial charge >= 0.3 is 0 Å². The van der Waals surface area contributed by atoms with Crippen LogP contribution in [0.15, 0.2) is 67.4 Å². The van der Waals surface area contributed by atoms with Crippen LogP contribution in [0, 0.1) is 0 Å². The lowest BCUT2D eigenvalue weighted by molar-refractivity contribution is -0.121. The molecule has 0 fully saturated rings. The third-order valence-electron chi connectivity index (χ3n) is 4.74. The molecular weight excluding hydrogens is 312 g/mol. The summed E-state index contributed by atoms with van der Waals surface area (Å²) < 4.78 is 1.82. The topological polar surface area (TPSA) is 59.8 Å². The monoisotopic (exact) mass is 334 g/mol. The molecule has 5 heteroatoms. The van der Waals surface area contributed by atoms with Crippen molar-refractivity contribution in [2.24, 2.45) is 0 Å². The number of nitrogens with zero attached hydrogens (tertiary/aromatic N) is 3. The smallest absolute Gasteiger partial charge is 0.235 e. The molecule has 0 aliphatic heterocycles. The molecule has 1 aromatic carbocycles. The molecule has 0 unspecified atom stereocenters. The van der Waals surface area contributed by atoms with Crippen molar-refractivity contribution in [1.82, 2.24) is 14.5 Å². The Morgan fingerprint density at radius 3 is 2.44 bits per heavy atom. The molecule has 0 atom stereocenters. The van der Waals surface area contributed by atoms with Gasteiger partial charge in [0.1, 0.15) is 12.1 Å². The zero-order valence-electron chi connectivity index (χ0n) is 14.5. The lowest BCUT2D eigenvalue weighted by Crippen LogP contribution is -2.39. The maximum absolute atomic E-state index is 13.1. The molecule has 3 rings (SSSR count). The van der Waals surface area contributed by atoms with E-state index in [2.05, 4.69) is 29.1 Å². The van der Waals surface area contributed by atoms with Crippen molar-refractivity contribution < 1.29 is 4.79 Å². The van der Waals surface area contributed by atoms with Crippen LogP contribution >= 0.6 is 0 Å². The molecule has 128 valence electrons. The van der Waals surface area contributed by atoms with E-state index in [4.69, 9.17) is 0 Å². The van der Waals surface area contributed by atoms with Gasteiger partial charge in [-0.2, -0.15) is 0 Å². The second-order valence-corrected chi connectivity index (χ2v) is 5.98. The standard InChI is InChI=1S/C20H22N4O/c1-3-20(4-2,16-8-6-5-7-9-16)19(25)23-17-10-11-18(22-14-17)24-13-12-21-15-24/h5-15H,3-4H2,1-2H3,(H,23,25). The number of rotatable bonds is 6. The SMILES string of the molecule is CCC(CC)(C(=O)Nc1ccc(-n2ccnc2)nc1)c1ccccc1. The van der Waals surface area contributed by atoms with Crippen LogP contribution in [0.3, 0.4) is 0 Å². The summed E-state index contributed by atoms with van der Waals surface area (Å²) in [6.07, 6.45) is 8.37. The fourth-order valence-electron chi connectivity index (χ4n) is 3.13. The Bertz CT molecular complexity index is 807. The Morgan fingerprint density at radius 2 is 1.88 bits per heavy atom. The molecular formula is C20H22N4O. The van der Waals surface area contributed by atoms with Crippen LogP contribution < -0.4 is 5.32 Å². The number of imidazole rings is 1. The molecule has 1 N–H and O–H groups in total. The maximum Gasteiger partial charge on any atom is 0.235 e. The van der Waals surface area contributed by atoms with Gasteiger partial charge in [0.2, 0.25) is 5.91 Å². The number of carbonyl (C=O) groups is 1. The van der Waals surface area contributed by atoms with Crippen LogP contribution in [0.2, 0.25) is 0 Å². The van der Waals surface area contributed by atoms with Gasteiger partial charge in [-0.25, -0.2) is 9.97 Å². The molecule has 0 bridgehead atoms. The van der Waals surface area contributed by atoms with Crippen molar-refractivity contribution in [2.45, 2.75) is 32.1 Å². The number of hydrogen-bond donors (Lipinski definition) is 1. The zero-order chi connectivity index (χ0) is 17.7. The molecule has 25 heavy (non-hydrogen) atoms. The highest BCUT2D eigenvalue weighted by Crippen LogP contribution is 2.33. The molecule has 0 saturated carbocycles. The normalized spacial score (nSPS) is 11.3. The van der Waals surface area contributed by atoms with E-state index in [-0.39, 0.29) is 5.91 Å². The van der Waals surface area contributed by atoms with Crippen LogP contribution in [-0.2, 0) is 10.2 Å². The molecule has 0 aliphatic rings. The number of benzene rings is 1. The first-order valence-corrected chi connectivity index (χ1v) is 8.51. The van der Waals surface area contributed by atoms with Gasteiger partial charge in [0.15, 0.2) is 0 Å². The van der Waals surface area contributed by atoms with E-state index in [1.807, 2.05) is 53.2 Å². The number of amides is 1. The second kappa shape index (κ2) is 7.30. The zero-order valence-corrected chi connectivity index (χ0v) is 14.5. The van der Waals surface area contributed by atoms with Gasteiger partial charge < -0.3 is 5.32 Å². The van der Waals surface area contributed by atoms with Gasteiger partial charge in [-0.3, -0.25) is 9.36 Å². The third kappa shape index (κ3) is 3.31. The highest BCUT2D eigenvalue weighted by Gasteiger charge is 2.36. The van der Waals surface area contributed by atoms with Crippen LogP contribution in [0.25, 0.3) is 5.82 Å². The summed E-state index contributed by atoms with van der Waals surface area (Å²) in [4.78, 5) is 21.5. The van der Waals surface area contributed by atoms with Gasteiger partial charge in [-0.1, -0.05) is 44.2 Å². The van der Waals surface area contributed by atoms with Crippen molar-refractivity contribution in [3.05, 3.63) is 72.9 Å². The van der Waals surface area contributed by atoms with E-state index >= 15 is 0 Å². The molecule has 2 aromatic heterocycles. The maximum atomic E-state index is 13.1. The molecule has 2 heterocycles. The van der Waals surface area contributed by atoms with E-state index in [1.165, 1.54) is 0 Å². The van der Waals surface area contributed by atoms with Crippen LogP contribution in [-0.4, -0.2) is 20.4 Å². The summed E-state index contributed by atoms with van der Waals surface area (Å²) in [7, 11) is 0. The summed E-state index contributed by atoms with van der Waals surface area (Å²) in [6, 6.07) is 13.7. The van der Waals surface area contributed by atoms with Crippen molar-refractivity contribution in [3.63, 3.8) is 0 Å². The first-order chi connectivity index (χ1) is 12.2. The first-order valence-electron chi connectivity index (χ1n) is 8.51. The number of pyridine rings is 1. The molecule has 0 aliphatic carbocycles. The molecule has 5 nitrogen and oxygen atoms in total. The first kappa shape index (κ1) is 16.9. The summed E-state index contributed by atoms with van der Waals surface area (Å²) in [5.74, 6) is 0.761. The molecule has 0 spiro atoms. The molecule has 1 amide bonds. The molecule has 0 radical (unpaired) electrons. The Labute approximate surface area is 147 Å². The van der Waals surface area contributed by atoms with Crippen LogP contribution in [0.5, 0.6) is 0 Å². The highest BCUT2D eigenvalue weighted by molar-refractivity contribution is 5.99. The Hall–Kier alpha value is -2.95. The quantitative estimate of drug-likeness (QED) is 0.742. The Morgan fingerprint density at radius 1 is 1.12 bits per heavy atom. The van der Waals surface area contributed by atoms with E-state index in [9.17, 15) is 4.79 Å². The number of carbonyl (C=O) groups excluding carboxylic acids is 1. The summed E-state index contributed by atoms with van der Waals surface area (Å²) in [5, 5.41) is 3.03. The fraction of sp³-hybridized carbons (Fsp3) is 0.250. The minimum atomic E-state index is -0.537. The van der Waals surface area contributed by atoms with Gasteiger partial charge in [-0.15, -0.1) is 0 Å². The highest BCUT2D eigenvalue weighted by atomic mass is 16.2. The van der Waals surface area contributed by atoms with Gasteiger partial charge in [0.25, 0.3) is 0 Å². The Kier molecular flexibility index (Phi) is 4.93. The van der Waals surface area contributed by atoms with Gasteiger partial charge in [0, 0.05) is 12.4 Å². The second-order valence-electron chi connectivity index (χ2n) is 5.98. The lowest BCUT2D eigenvalue weighted by Gasteiger charge is -2.30. The summed E-state index contributed by atoms with van der Waals surface area (Å²) in [6.45, 7) is 4.10. The van der Waals surface area contributed by atoms with Gasteiger partial charge in [0.05, 0.1) is 17.3 Å². The number of nitrogens with one attached hydrogen (secondary N) is 1. The predicted molar refractivity (Wildman–Crippen MR) is 98.7 cm³/mol. The minimum absolute atomic E-state index is 0.000816. The number of anilines is 1. The molecule has 3 aromatic rings. The molecule has 0 saturated heterocycles. The van der Waals surface area contributed by atoms with E-state index in [0.717, 1.165) is 24.2 Å². The Balaban J connectivity index is 1.82. The van der Waals surface area contributed by atoms with Crippen LogP contribution in [0.4, 0.5) is 5.69 Å². The van der Waals surface area contributed by atoms with E-state index in [0.29, 0.717) is 5.69 Å². The number of aromatic nitrogens is 3. The van der Waals surface area contributed by atoms with Crippen LogP contribution in [0.1, 0.15) is 32.3 Å². The average Bonchev–Trinajstić information content (AvgIpc) is 3.19. The minimum Gasteiger partial charge on any atom is -0.324 e. The predicted octanol–water partition coefficient (Wildman–Crippen LogP) is 3.96. The van der Waals surface area contributed by atoms with E-state index in [1.54, 1.807) is 18.7 Å². The summed E-state index contributed by atoms with van der Waals surface area (Å²) in [5.41, 5.74) is 1.20. The van der Waals surface area contributed by atoms with Crippen molar-refractivity contribution in [3.8, 4) is 5.82 Å². The van der Waals surface area contributed by atoms with Crippen molar-refractivity contribution in [2.75, 3.05) is 5.32 Å². The number of hydrogen-bond acceptors (Lipinski definition) is 3.